The molecule has 0 aliphatic carbocycles. The van der Waals surface area contributed by atoms with Crippen molar-refractivity contribution in [2.45, 2.75) is 19.1 Å². The summed E-state index contributed by atoms with van der Waals surface area (Å²) in [6, 6.07) is 14.5. The predicted molar refractivity (Wildman–Crippen MR) is 126 cm³/mol. The molecule has 2 aromatic carbocycles. The Morgan fingerprint density at radius 2 is 1.94 bits per heavy atom. The van der Waals surface area contributed by atoms with E-state index in [4.69, 9.17) is 9.47 Å². The van der Waals surface area contributed by atoms with Crippen molar-refractivity contribution in [3.8, 4) is 5.75 Å². The number of ether oxygens (including phenoxy) is 2. The molecule has 2 aromatic rings. The fourth-order valence-corrected chi connectivity index (χ4v) is 4.78. The Balaban J connectivity index is 1.41. The summed E-state index contributed by atoms with van der Waals surface area (Å²) < 4.78 is 26.0. The van der Waals surface area contributed by atoms with Gasteiger partial charge in [-0.15, -0.1) is 0 Å². The molecule has 2 aliphatic heterocycles. The summed E-state index contributed by atoms with van der Waals surface area (Å²) in [5, 5.41) is 0. The molecule has 6 nitrogen and oxygen atoms in total. The van der Waals surface area contributed by atoms with Crippen molar-refractivity contribution in [1.82, 2.24) is 14.7 Å². The highest BCUT2D eigenvalue weighted by molar-refractivity contribution is 5.78. The molecule has 33 heavy (non-hydrogen) atoms. The Hall–Kier alpha value is -2.48. The molecular formula is C26H34FN3O3. The quantitative estimate of drug-likeness (QED) is 0.612. The van der Waals surface area contributed by atoms with Crippen molar-refractivity contribution >= 4 is 5.91 Å². The lowest BCUT2D eigenvalue weighted by atomic mass is 10.1. The summed E-state index contributed by atoms with van der Waals surface area (Å²) in [6.07, 6.45) is 0.624. The Morgan fingerprint density at radius 1 is 1.15 bits per heavy atom. The van der Waals surface area contributed by atoms with E-state index >= 15 is 0 Å². The SMILES string of the molecule is COCCN1CC[C@H](CN(C)C(=O)CN2Cc3ccccc3O[C@@H](c3ccccc3F)C2)C1. The molecular weight excluding hydrogens is 421 g/mol. The third-order valence-corrected chi connectivity index (χ3v) is 6.61. The maximum atomic E-state index is 14.6. The van der Waals surface area contributed by atoms with Gasteiger partial charge in [-0.05, 0) is 31.0 Å². The second-order valence-corrected chi connectivity index (χ2v) is 9.13. The molecule has 1 fully saturated rings. The van der Waals surface area contributed by atoms with Gasteiger partial charge in [-0.2, -0.15) is 0 Å². The molecule has 0 unspecified atom stereocenters. The number of rotatable bonds is 8. The normalized spacial score (nSPS) is 21.3. The number of benzene rings is 2. The van der Waals surface area contributed by atoms with Gasteiger partial charge in [-0.1, -0.05) is 36.4 Å². The van der Waals surface area contributed by atoms with Crippen LogP contribution in [0.2, 0.25) is 0 Å². The number of para-hydroxylation sites is 1. The number of hydrogen-bond acceptors (Lipinski definition) is 5. The first-order chi connectivity index (χ1) is 16.0. The fraction of sp³-hybridized carbons (Fsp3) is 0.500. The lowest BCUT2D eigenvalue weighted by Gasteiger charge is -2.27. The van der Waals surface area contributed by atoms with E-state index in [0.717, 1.165) is 50.5 Å². The van der Waals surface area contributed by atoms with Crippen molar-refractivity contribution in [1.29, 1.82) is 0 Å². The maximum absolute atomic E-state index is 14.6. The van der Waals surface area contributed by atoms with E-state index in [9.17, 15) is 9.18 Å². The van der Waals surface area contributed by atoms with Crippen LogP contribution in [0.5, 0.6) is 5.75 Å². The molecule has 0 spiro atoms. The summed E-state index contributed by atoms with van der Waals surface area (Å²) in [5.74, 6) is 1.02. The molecule has 0 radical (unpaired) electrons. The first-order valence-electron chi connectivity index (χ1n) is 11.7. The van der Waals surface area contributed by atoms with E-state index in [1.807, 2.05) is 42.3 Å². The molecule has 4 rings (SSSR count). The first-order valence-corrected chi connectivity index (χ1v) is 11.7. The minimum atomic E-state index is -0.475. The fourth-order valence-electron chi connectivity index (χ4n) is 4.78. The molecule has 0 bridgehead atoms. The van der Waals surface area contributed by atoms with Gasteiger partial charge in [-0.3, -0.25) is 9.69 Å². The Morgan fingerprint density at radius 3 is 2.76 bits per heavy atom. The highest BCUT2D eigenvalue weighted by atomic mass is 19.1. The van der Waals surface area contributed by atoms with E-state index in [2.05, 4.69) is 9.80 Å². The molecule has 2 heterocycles. The van der Waals surface area contributed by atoms with E-state index in [-0.39, 0.29) is 18.3 Å². The van der Waals surface area contributed by atoms with Gasteiger partial charge in [0, 0.05) is 58.0 Å². The summed E-state index contributed by atoms with van der Waals surface area (Å²) >= 11 is 0. The number of halogens is 1. The van der Waals surface area contributed by atoms with Gasteiger partial charge in [0.15, 0.2) is 0 Å². The summed E-state index contributed by atoms with van der Waals surface area (Å²) in [4.78, 5) is 19.4. The first kappa shape index (κ1) is 23.7. The number of nitrogens with zero attached hydrogens (tertiary/aromatic N) is 3. The van der Waals surface area contributed by atoms with Crippen LogP contribution in [0, 0.1) is 11.7 Å². The zero-order chi connectivity index (χ0) is 23.2. The largest absolute Gasteiger partial charge is 0.484 e. The monoisotopic (exact) mass is 455 g/mol. The van der Waals surface area contributed by atoms with Crippen molar-refractivity contribution in [3.63, 3.8) is 0 Å². The summed E-state index contributed by atoms with van der Waals surface area (Å²) in [7, 11) is 3.61. The molecule has 0 saturated carbocycles. The predicted octanol–water partition coefficient (Wildman–Crippen LogP) is 3.19. The van der Waals surface area contributed by atoms with E-state index in [1.54, 1.807) is 19.2 Å². The van der Waals surface area contributed by atoms with Crippen LogP contribution in [0.1, 0.15) is 23.7 Å². The molecule has 0 aromatic heterocycles. The molecule has 178 valence electrons. The van der Waals surface area contributed by atoms with Gasteiger partial charge in [0.25, 0.3) is 0 Å². The van der Waals surface area contributed by atoms with Crippen LogP contribution < -0.4 is 4.74 Å². The van der Waals surface area contributed by atoms with Gasteiger partial charge < -0.3 is 19.3 Å². The number of methoxy groups -OCH3 is 1. The smallest absolute Gasteiger partial charge is 0.236 e. The molecule has 2 atom stereocenters. The van der Waals surface area contributed by atoms with Crippen LogP contribution in [0.4, 0.5) is 4.39 Å². The Labute approximate surface area is 195 Å². The number of likely N-dealkylation sites (tertiary alicyclic amines) is 1. The number of carbonyl (C=O) groups excluding carboxylic acids is 1. The topological polar surface area (TPSA) is 45.2 Å². The third-order valence-electron chi connectivity index (χ3n) is 6.61. The van der Waals surface area contributed by atoms with Gasteiger partial charge in [-0.25, -0.2) is 4.39 Å². The Bertz CT molecular complexity index is 941. The van der Waals surface area contributed by atoms with E-state index in [1.165, 1.54) is 6.07 Å². The molecule has 1 amide bonds. The summed E-state index contributed by atoms with van der Waals surface area (Å²) in [6.45, 7) is 5.80. The number of carbonyl (C=O) groups is 1. The van der Waals surface area contributed by atoms with Crippen LogP contribution in [0.3, 0.4) is 0 Å². The molecule has 7 heteroatoms. The average molecular weight is 456 g/mol. The second-order valence-electron chi connectivity index (χ2n) is 9.13. The zero-order valence-electron chi connectivity index (χ0n) is 19.6. The summed E-state index contributed by atoms with van der Waals surface area (Å²) in [5.41, 5.74) is 1.53. The average Bonchev–Trinajstić information content (AvgIpc) is 3.17. The lowest BCUT2D eigenvalue weighted by Crippen LogP contribution is -2.41. The van der Waals surface area contributed by atoms with Gasteiger partial charge in [0.2, 0.25) is 5.91 Å². The number of fused-ring (bicyclic) bond motifs is 1. The second kappa shape index (κ2) is 11.1. The highest BCUT2D eigenvalue weighted by Gasteiger charge is 2.29. The van der Waals surface area contributed by atoms with Crippen molar-refractivity contribution in [2.75, 3.05) is 60.0 Å². The van der Waals surface area contributed by atoms with Crippen molar-refractivity contribution in [3.05, 3.63) is 65.5 Å². The highest BCUT2D eigenvalue weighted by Crippen LogP contribution is 2.32. The van der Waals surface area contributed by atoms with Crippen LogP contribution >= 0.6 is 0 Å². The van der Waals surface area contributed by atoms with E-state index in [0.29, 0.717) is 24.6 Å². The zero-order valence-corrected chi connectivity index (χ0v) is 19.6. The standard InChI is InChI=1S/C26H34FN3O3/c1-28(15-20-11-12-29(16-20)13-14-32-2)26(31)19-30-17-21-7-3-6-10-24(21)33-25(18-30)22-8-4-5-9-23(22)27/h3-10,20,25H,11-19H2,1-2H3/t20-,25-/m1/s1. The number of hydrogen-bond donors (Lipinski definition) is 0. The number of amides is 1. The maximum Gasteiger partial charge on any atom is 0.236 e. The minimum absolute atomic E-state index is 0.0806. The van der Waals surface area contributed by atoms with E-state index < -0.39 is 6.10 Å². The third kappa shape index (κ3) is 6.10. The number of likely N-dealkylation sites (N-methyl/N-ethyl adjacent to an activating group) is 1. The molecule has 1 saturated heterocycles. The van der Waals surface area contributed by atoms with Crippen molar-refractivity contribution in [2.24, 2.45) is 5.92 Å². The van der Waals surface area contributed by atoms with Crippen LogP contribution in [-0.2, 0) is 16.1 Å². The van der Waals surface area contributed by atoms with Gasteiger partial charge in [0.05, 0.1) is 13.2 Å². The van der Waals surface area contributed by atoms with Gasteiger partial charge in [0.1, 0.15) is 17.7 Å². The van der Waals surface area contributed by atoms with Crippen LogP contribution in [0.25, 0.3) is 0 Å². The van der Waals surface area contributed by atoms with Crippen LogP contribution in [0.15, 0.2) is 48.5 Å². The molecule has 2 aliphatic rings. The molecule has 0 N–H and O–H groups in total. The van der Waals surface area contributed by atoms with Crippen molar-refractivity contribution < 1.29 is 18.7 Å². The lowest BCUT2D eigenvalue weighted by molar-refractivity contribution is -0.132. The minimum Gasteiger partial charge on any atom is -0.484 e. The van der Waals surface area contributed by atoms with Crippen LogP contribution in [-0.4, -0.2) is 80.6 Å². The van der Waals surface area contributed by atoms with Gasteiger partial charge >= 0.3 is 0 Å². The Kier molecular flexibility index (Phi) is 7.96.